The van der Waals surface area contributed by atoms with Gasteiger partial charge in [0, 0.05) is 30.5 Å². The van der Waals surface area contributed by atoms with Crippen molar-refractivity contribution in [3.05, 3.63) is 58.3 Å². The quantitative estimate of drug-likeness (QED) is 0.886. The molecule has 1 atom stereocenters. The van der Waals surface area contributed by atoms with Crippen molar-refractivity contribution in [3.63, 3.8) is 0 Å². The summed E-state index contributed by atoms with van der Waals surface area (Å²) in [6.45, 7) is 1.36. The molecule has 1 aliphatic rings. The zero-order valence-corrected chi connectivity index (χ0v) is 13.7. The highest BCUT2D eigenvalue weighted by Crippen LogP contribution is 2.14. The zero-order chi connectivity index (χ0) is 16.1. The lowest BCUT2D eigenvalue weighted by molar-refractivity contribution is -0.127. The second-order valence-electron chi connectivity index (χ2n) is 5.82. The van der Waals surface area contributed by atoms with Gasteiger partial charge in [-0.15, -0.1) is 0 Å². The SMILES string of the molecule is O=C(N[C@@H]1CC(=O)N(CCCc2ccccc2)C1)c1ccsc1. The third-order valence-electron chi connectivity index (χ3n) is 4.07. The van der Waals surface area contributed by atoms with E-state index in [1.165, 1.54) is 16.9 Å². The molecule has 2 aromatic rings. The predicted octanol–water partition coefficient (Wildman–Crippen LogP) is 2.71. The first-order valence-corrected chi connectivity index (χ1v) is 8.81. The van der Waals surface area contributed by atoms with Gasteiger partial charge in [0.15, 0.2) is 0 Å². The van der Waals surface area contributed by atoms with Crippen LogP contribution in [-0.4, -0.2) is 35.8 Å². The van der Waals surface area contributed by atoms with Gasteiger partial charge in [-0.1, -0.05) is 30.3 Å². The number of nitrogens with zero attached hydrogens (tertiary/aromatic N) is 1. The highest BCUT2D eigenvalue weighted by atomic mass is 32.1. The molecule has 0 saturated carbocycles. The van der Waals surface area contributed by atoms with Gasteiger partial charge in [-0.2, -0.15) is 11.3 Å². The Morgan fingerprint density at radius 2 is 2.09 bits per heavy atom. The third kappa shape index (κ3) is 4.20. The van der Waals surface area contributed by atoms with Gasteiger partial charge in [-0.3, -0.25) is 9.59 Å². The maximum Gasteiger partial charge on any atom is 0.252 e. The first kappa shape index (κ1) is 15.7. The number of nitrogens with one attached hydrogen (secondary N) is 1. The van der Waals surface area contributed by atoms with Crippen LogP contribution in [0.3, 0.4) is 0 Å². The number of carbonyl (C=O) groups excluding carboxylic acids is 2. The van der Waals surface area contributed by atoms with E-state index < -0.39 is 0 Å². The fraction of sp³-hybridized carbons (Fsp3) is 0.333. The van der Waals surface area contributed by atoms with Crippen molar-refractivity contribution in [3.8, 4) is 0 Å². The number of hydrogen-bond donors (Lipinski definition) is 1. The monoisotopic (exact) mass is 328 g/mol. The van der Waals surface area contributed by atoms with E-state index in [0.717, 1.165) is 19.4 Å². The molecular weight excluding hydrogens is 308 g/mol. The van der Waals surface area contributed by atoms with E-state index in [4.69, 9.17) is 0 Å². The van der Waals surface area contributed by atoms with Crippen molar-refractivity contribution in [2.75, 3.05) is 13.1 Å². The molecule has 0 radical (unpaired) electrons. The van der Waals surface area contributed by atoms with Gasteiger partial charge in [-0.25, -0.2) is 0 Å². The lowest BCUT2D eigenvalue weighted by atomic mass is 10.1. The number of rotatable bonds is 6. The maximum absolute atomic E-state index is 12.1. The molecule has 1 fully saturated rings. The molecule has 0 spiro atoms. The molecule has 120 valence electrons. The van der Waals surface area contributed by atoms with E-state index >= 15 is 0 Å². The Bertz CT molecular complexity index is 655. The minimum Gasteiger partial charge on any atom is -0.347 e. The van der Waals surface area contributed by atoms with Crippen LogP contribution in [0.4, 0.5) is 0 Å². The third-order valence-corrected chi connectivity index (χ3v) is 4.75. The van der Waals surface area contributed by atoms with Gasteiger partial charge in [0.05, 0.1) is 6.04 Å². The van der Waals surface area contributed by atoms with Crippen LogP contribution in [0.1, 0.15) is 28.8 Å². The number of likely N-dealkylation sites (tertiary alicyclic amines) is 1. The Morgan fingerprint density at radius 1 is 1.26 bits per heavy atom. The number of aryl methyl sites for hydroxylation is 1. The van der Waals surface area contributed by atoms with Crippen molar-refractivity contribution in [2.24, 2.45) is 0 Å². The minimum absolute atomic E-state index is 0.0772. The highest BCUT2D eigenvalue weighted by molar-refractivity contribution is 7.08. The van der Waals surface area contributed by atoms with Crippen LogP contribution in [0.2, 0.25) is 0 Å². The standard InChI is InChI=1S/C18H20N2O2S/c21-17-11-16(19-18(22)15-8-10-23-13-15)12-20(17)9-4-7-14-5-2-1-3-6-14/h1-3,5-6,8,10,13,16H,4,7,9,11-12H2,(H,19,22)/t16-/m1/s1. The molecule has 2 heterocycles. The fourth-order valence-corrected chi connectivity index (χ4v) is 3.50. The molecule has 23 heavy (non-hydrogen) atoms. The van der Waals surface area contributed by atoms with Crippen molar-refractivity contribution in [1.29, 1.82) is 0 Å². The normalized spacial score (nSPS) is 17.5. The van der Waals surface area contributed by atoms with Crippen molar-refractivity contribution in [1.82, 2.24) is 10.2 Å². The second-order valence-corrected chi connectivity index (χ2v) is 6.60. The molecule has 1 aromatic heterocycles. The molecule has 5 heteroatoms. The van der Waals surface area contributed by atoms with Crippen LogP contribution in [-0.2, 0) is 11.2 Å². The Hall–Kier alpha value is -2.14. The van der Waals surface area contributed by atoms with Gasteiger partial charge < -0.3 is 10.2 Å². The smallest absolute Gasteiger partial charge is 0.252 e. The lowest BCUT2D eigenvalue weighted by Crippen LogP contribution is -2.37. The van der Waals surface area contributed by atoms with E-state index in [9.17, 15) is 9.59 Å². The van der Waals surface area contributed by atoms with Gasteiger partial charge in [0.1, 0.15) is 0 Å². The van der Waals surface area contributed by atoms with Crippen LogP contribution >= 0.6 is 11.3 Å². The summed E-state index contributed by atoms with van der Waals surface area (Å²) < 4.78 is 0. The summed E-state index contributed by atoms with van der Waals surface area (Å²) in [7, 11) is 0. The average Bonchev–Trinajstić information content (AvgIpc) is 3.19. The largest absolute Gasteiger partial charge is 0.347 e. The molecular formula is C18H20N2O2S. The molecule has 4 nitrogen and oxygen atoms in total. The van der Waals surface area contributed by atoms with Gasteiger partial charge in [0.2, 0.25) is 5.91 Å². The first-order valence-electron chi connectivity index (χ1n) is 7.87. The number of hydrogen-bond acceptors (Lipinski definition) is 3. The summed E-state index contributed by atoms with van der Waals surface area (Å²) >= 11 is 1.50. The minimum atomic E-state index is -0.0878. The zero-order valence-electron chi connectivity index (χ0n) is 12.9. The van der Waals surface area contributed by atoms with Crippen LogP contribution in [0.25, 0.3) is 0 Å². The molecule has 1 aliphatic heterocycles. The van der Waals surface area contributed by atoms with E-state index in [0.29, 0.717) is 18.5 Å². The van der Waals surface area contributed by atoms with Gasteiger partial charge in [-0.05, 0) is 29.9 Å². The molecule has 0 aliphatic carbocycles. The van der Waals surface area contributed by atoms with Crippen molar-refractivity contribution < 1.29 is 9.59 Å². The molecule has 3 rings (SSSR count). The Morgan fingerprint density at radius 3 is 2.83 bits per heavy atom. The highest BCUT2D eigenvalue weighted by Gasteiger charge is 2.30. The molecule has 0 bridgehead atoms. The first-order chi connectivity index (χ1) is 11.2. The van der Waals surface area contributed by atoms with E-state index in [1.54, 1.807) is 6.07 Å². The van der Waals surface area contributed by atoms with Crippen LogP contribution in [0.15, 0.2) is 47.2 Å². The molecule has 0 unspecified atom stereocenters. The molecule has 2 amide bonds. The average molecular weight is 328 g/mol. The topological polar surface area (TPSA) is 49.4 Å². The van der Waals surface area contributed by atoms with Crippen LogP contribution < -0.4 is 5.32 Å². The Labute approximate surface area is 140 Å². The summed E-state index contributed by atoms with van der Waals surface area (Å²) in [4.78, 5) is 26.0. The van der Waals surface area contributed by atoms with Gasteiger partial charge in [0.25, 0.3) is 5.91 Å². The van der Waals surface area contributed by atoms with E-state index in [2.05, 4.69) is 17.4 Å². The summed E-state index contributed by atoms with van der Waals surface area (Å²) in [5, 5.41) is 6.66. The Kier molecular flexibility index (Phi) is 5.08. The van der Waals surface area contributed by atoms with Crippen LogP contribution in [0.5, 0.6) is 0 Å². The number of amides is 2. The van der Waals surface area contributed by atoms with Crippen molar-refractivity contribution in [2.45, 2.75) is 25.3 Å². The summed E-state index contributed by atoms with van der Waals surface area (Å²) in [6, 6.07) is 12.0. The van der Waals surface area contributed by atoms with E-state index in [1.807, 2.05) is 33.9 Å². The molecule has 1 N–H and O–H groups in total. The second kappa shape index (κ2) is 7.42. The number of benzene rings is 1. The van der Waals surface area contributed by atoms with E-state index in [-0.39, 0.29) is 17.9 Å². The summed E-state index contributed by atoms with van der Waals surface area (Å²) in [5.74, 6) is 0.0452. The summed E-state index contributed by atoms with van der Waals surface area (Å²) in [5.41, 5.74) is 1.96. The maximum atomic E-state index is 12.1. The lowest BCUT2D eigenvalue weighted by Gasteiger charge is -2.17. The fourth-order valence-electron chi connectivity index (χ4n) is 2.87. The van der Waals surface area contributed by atoms with Crippen LogP contribution in [0, 0.1) is 0 Å². The molecule has 1 saturated heterocycles. The summed E-state index contributed by atoms with van der Waals surface area (Å²) in [6.07, 6.45) is 2.32. The number of thiophene rings is 1. The Balaban J connectivity index is 1.45. The van der Waals surface area contributed by atoms with Gasteiger partial charge >= 0.3 is 0 Å². The van der Waals surface area contributed by atoms with Crippen molar-refractivity contribution >= 4 is 23.2 Å². The predicted molar refractivity (Wildman–Crippen MR) is 91.5 cm³/mol. The molecule has 1 aromatic carbocycles. The number of carbonyl (C=O) groups is 2.